The fraction of sp³-hybridized carbons (Fsp3) is 0.400. The largest absolute Gasteiger partial charge is 0.450 e. The number of nitrogens with one attached hydrogen (secondary N) is 1. The molecule has 8 nitrogen and oxygen atoms in total. The van der Waals surface area contributed by atoms with Crippen LogP contribution in [0.4, 0.5) is 16.4 Å². The monoisotopic (exact) mass is 383 g/mol. The molecule has 1 aromatic carbocycles. The molecule has 1 aliphatic heterocycles. The van der Waals surface area contributed by atoms with Crippen LogP contribution in [0.15, 0.2) is 30.6 Å². The average Bonchev–Trinajstić information content (AvgIpc) is 2.71. The van der Waals surface area contributed by atoms with Crippen LogP contribution < -0.4 is 10.2 Å². The molecule has 28 heavy (non-hydrogen) atoms. The molecule has 0 bridgehead atoms. The minimum atomic E-state index is -0.290. The summed E-state index contributed by atoms with van der Waals surface area (Å²) in [4.78, 5) is 36.5. The molecule has 1 fully saturated rings. The molecule has 1 aromatic heterocycles. The fourth-order valence-corrected chi connectivity index (χ4v) is 2.93. The summed E-state index contributed by atoms with van der Waals surface area (Å²) in [7, 11) is 0. The third-order valence-corrected chi connectivity index (χ3v) is 4.75. The van der Waals surface area contributed by atoms with E-state index in [2.05, 4.69) is 15.3 Å². The number of piperazine rings is 1. The molecule has 148 valence electrons. The first-order chi connectivity index (χ1) is 13.5. The van der Waals surface area contributed by atoms with Crippen molar-refractivity contribution in [2.75, 3.05) is 43.0 Å². The van der Waals surface area contributed by atoms with Crippen molar-refractivity contribution in [3.8, 4) is 0 Å². The highest BCUT2D eigenvalue weighted by atomic mass is 16.6. The van der Waals surface area contributed by atoms with E-state index >= 15 is 0 Å². The zero-order chi connectivity index (χ0) is 20.1. The van der Waals surface area contributed by atoms with Crippen molar-refractivity contribution in [1.29, 1.82) is 0 Å². The highest BCUT2D eigenvalue weighted by Gasteiger charge is 2.23. The molecule has 1 N–H and O–H groups in total. The maximum absolute atomic E-state index is 12.4. The summed E-state index contributed by atoms with van der Waals surface area (Å²) in [6.45, 7) is 8.53. The van der Waals surface area contributed by atoms with Crippen molar-refractivity contribution in [2.24, 2.45) is 0 Å². The van der Waals surface area contributed by atoms with Crippen LogP contribution in [-0.4, -0.2) is 59.7 Å². The van der Waals surface area contributed by atoms with E-state index in [1.807, 2.05) is 36.9 Å². The molecule has 0 radical (unpaired) electrons. The second-order valence-electron chi connectivity index (χ2n) is 6.70. The van der Waals surface area contributed by atoms with Gasteiger partial charge in [-0.1, -0.05) is 6.07 Å². The van der Waals surface area contributed by atoms with Gasteiger partial charge in [0.2, 0.25) is 5.95 Å². The SMILES string of the molecule is CCOC(=O)N1CCN(c2ncc(C(=O)Nc3ccc(C)c(C)c3)cn2)CC1. The number of anilines is 2. The Morgan fingerprint density at radius 3 is 2.36 bits per heavy atom. The number of benzene rings is 1. The van der Waals surface area contributed by atoms with E-state index in [1.54, 1.807) is 11.8 Å². The Bertz CT molecular complexity index is 845. The van der Waals surface area contributed by atoms with Gasteiger partial charge in [-0.25, -0.2) is 14.8 Å². The van der Waals surface area contributed by atoms with Crippen LogP contribution >= 0.6 is 0 Å². The number of aromatic nitrogens is 2. The fourth-order valence-electron chi connectivity index (χ4n) is 2.93. The third kappa shape index (κ3) is 4.57. The predicted molar refractivity (Wildman–Crippen MR) is 107 cm³/mol. The Balaban J connectivity index is 1.58. The molecule has 8 heteroatoms. The van der Waals surface area contributed by atoms with E-state index in [4.69, 9.17) is 4.74 Å². The van der Waals surface area contributed by atoms with Gasteiger partial charge >= 0.3 is 6.09 Å². The molecule has 1 aliphatic rings. The van der Waals surface area contributed by atoms with Gasteiger partial charge in [-0.05, 0) is 44.0 Å². The number of nitrogens with zero attached hydrogens (tertiary/aromatic N) is 4. The molecule has 2 amide bonds. The summed E-state index contributed by atoms with van der Waals surface area (Å²) in [6, 6.07) is 5.78. The molecule has 3 rings (SSSR count). The Kier molecular flexibility index (Phi) is 6.08. The van der Waals surface area contributed by atoms with Crippen molar-refractivity contribution in [1.82, 2.24) is 14.9 Å². The number of amides is 2. The number of ether oxygens (including phenoxy) is 1. The van der Waals surface area contributed by atoms with Crippen LogP contribution in [0.1, 0.15) is 28.4 Å². The van der Waals surface area contributed by atoms with Crippen molar-refractivity contribution in [3.63, 3.8) is 0 Å². The summed E-state index contributed by atoms with van der Waals surface area (Å²) in [6.07, 6.45) is 2.76. The second-order valence-corrected chi connectivity index (χ2v) is 6.70. The van der Waals surface area contributed by atoms with Crippen molar-refractivity contribution in [2.45, 2.75) is 20.8 Å². The molecular weight excluding hydrogens is 358 g/mol. The first kappa shape index (κ1) is 19.6. The first-order valence-electron chi connectivity index (χ1n) is 9.35. The molecule has 0 saturated carbocycles. The van der Waals surface area contributed by atoms with Gasteiger partial charge in [-0.3, -0.25) is 4.79 Å². The molecule has 1 saturated heterocycles. The van der Waals surface area contributed by atoms with E-state index in [-0.39, 0.29) is 12.0 Å². The van der Waals surface area contributed by atoms with Crippen LogP contribution in [0.25, 0.3) is 0 Å². The minimum absolute atomic E-state index is 0.248. The number of rotatable bonds is 4. The zero-order valence-electron chi connectivity index (χ0n) is 16.4. The Morgan fingerprint density at radius 2 is 1.75 bits per heavy atom. The maximum Gasteiger partial charge on any atom is 0.409 e. The van der Waals surface area contributed by atoms with E-state index in [1.165, 1.54) is 18.0 Å². The number of aryl methyl sites for hydroxylation is 2. The normalized spacial score (nSPS) is 14.0. The zero-order valence-corrected chi connectivity index (χ0v) is 16.4. The van der Waals surface area contributed by atoms with Gasteiger partial charge in [-0.15, -0.1) is 0 Å². The predicted octanol–water partition coefficient (Wildman–Crippen LogP) is 2.62. The van der Waals surface area contributed by atoms with Gasteiger partial charge in [0, 0.05) is 44.3 Å². The second kappa shape index (κ2) is 8.69. The van der Waals surface area contributed by atoms with Crippen LogP contribution in [0, 0.1) is 13.8 Å². The Morgan fingerprint density at radius 1 is 1.07 bits per heavy atom. The quantitative estimate of drug-likeness (QED) is 0.873. The first-order valence-corrected chi connectivity index (χ1v) is 9.35. The van der Waals surface area contributed by atoms with E-state index in [9.17, 15) is 9.59 Å². The molecule has 2 aromatic rings. The van der Waals surface area contributed by atoms with Crippen LogP contribution in [0.5, 0.6) is 0 Å². The topological polar surface area (TPSA) is 87.7 Å². The van der Waals surface area contributed by atoms with Crippen LogP contribution in [0.3, 0.4) is 0 Å². The van der Waals surface area contributed by atoms with Crippen molar-refractivity contribution >= 4 is 23.6 Å². The molecule has 0 unspecified atom stereocenters. The highest BCUT2D eigenvalue weighted by Crippen LogP contribution is 2.16. The van der Waals surface area contributed by atoms with Gasteiger partial charge in [0.25, 0.3) is 5.91 Å². The lowest BCUT2D eigenvalue weighted by Crippen LogP contribution is -2.49. The Hall–Kier alpha value is -3.16. The van der Waals surface area contributed by atoms with Crippen LogP contribution in [0.2, 0.25) is 0 Å². The van der Waals surface area contributed by atoms with E-state index in [0.29, 0.717) is 44.3 Å². The summed E-state index contributed by atoms with van der Waals surface area (Å²) in [5.74, 6) is 0.299. The smallest absolute Gasteiger partial charge is 0.409 e. The van der Waals surface area contributed by atoms with E-state index < -0.39 is 0 Å². The molecule has 0 spiro atoms. The van der Waals surface area contributed by atoms with Crippen molar-refractivity contribution < 1.29 is 14.3 Å². The number of hydrogen-bond donors (Lipinski definition) is 1. The maximum atomic E-state index is 12.4. The number of carbonyl (C=O) groups is 2. The van der Waals surface area contributed by atoms with Gasteiger partial charge in [0.1, 0.15) is 0 Å². The Labute approximate surface area is 164 Å². The minimum Gasteiger partial charge on any atom is -0.450 e. The van der Waals surface area contributed by atoms with Crippen molar-refractivity contribution in [3.05, 3.63) is 47.3 Å². The number of hydrogen-bond acceptors (Lipinski definition) is 6. The van der Waals surface area contributed by atoms with Gasteiger partial charge in [0.05, 0.1) is 12.2 Å². The van der Waals surface area contributed by atoms with Crippen LogP contribution in [-0.2, 0) is 4.74 Å². The molecule has 2 heterocycles. The lowest BCUT2D eigenvalue weighted by molar-refractivity contribution is 0.102. The highest BCUT2D eigenvalue weighted by molar-refractivity contribution is 6.03. The molecular formula is C20H25N5O3. The lowest BCUT2D eigenvalue weighted by Gasteiger charge is -2.33. The molecule has 0 aliphatic carbocycles. The summed E-state index contributed by atoms with van der Waals surface area (Å²) >= 11 is 0. The summed E-state index contributed by atoms with van der Waals surface area (Å²) in [5.41, 5.74) is 3.43. The van der Waals surface area contributed by atoms with Gasteiger partial charge in [-0.2, -0.15) is 0 Å². The van der Waals surface area contributed by atoms with Gasteiger partial charge < -0.3 is 19.9 Å². The third-order valence-electron chi connectivity index (χ3n) is 4.75. The molecule has 0 atom stereocenters. The summed E-state index contributed by atoms with van der Waals surface area (Å²) in [5, 5.41) is 2.86. The van der Waals surface area contributed by atoms with Gasteiger partial charge in [0.15, 0.2) is 0 Å². The van der Waals surface area contributed by atoms with E-state index in [0.717, 1.165) is 11.3 Å². The lowest BCUT2D eigenvalue weighted by atomic mass is 10.1. The summed E-state index contributed by atoms with van der Waals surface area (Å²) < 4.78 is 5.02. The average molecular weight is 383 g/mol. The number of carbonyl (C=O) groups excluding carboxylic acids is 2. The standard InChI is InChI=1S/C20H25N5O3/c1-4-28-20(27)25-9-7-24(8-10-25)19-21-12-16(13-22-19)18(26)23-17-6-5-14(2)15(3)11-17/h5-6,11-13H,4,7-10H2,1-3H3,(H,23,26).